The molecule has 20 heavy (non-hydrogen) atoms. The SMILES string of the molecule is CC(=O)N1CCN(CCC(=O)c2ccc(F)cc2)CC1. The van der Waals surface area contributed by atoms with E-state index in [2.05, 4.69) is 4.90 Å². The van der Waals surface area contributed by atoms with Crippen LogP contribution in [-0.4, -0.2) is 54.2 Å². The standard InChI is InChI=1S/C15H19FN2O2/c1-12(19)18-10-8-17(9-11-18)7-6-15(20)13-2-4-14(16)5-3-13/h2-5H,6-11H2,1H3. The highest BCUT2D eigenvalue weighted by Crippen LogP contribution is 2.08. The summed E-state index contributed by atoms with van der Waals surface area (Å²) in [4.78, 5) is 27.2. The molecule has 108 valence electrons. The van der Waals surface area contributed by atoms with Crippen LogP contribution in [0.1, 0.15) is 23.7 Å². The molecule has 0 radical (unpaired) electrons. The summed E-state index contributed by atoms with van der Waals surface area (Å²) < 4.78 is 12.8. The van der Waals surface area contributed by atoms with E-state index in [1.807, 2.05) is 4.90 Å². The van der Waals surface area contributed by atoms with Crippen LogP contribution in [0.3, 0.4) is 0 Å². The molecule has 1 heterocycles. The number of carbonyl (C=O) groups is 2. The van der Waals surface area contributed by atoms with Gasteiger partial charge in [-0.25, -0.2) is 4.39 Å². The fourth-order valence-corrected chi connectivity index (χ4v) is 2.33. The van der Waals surface area contributed by atoms with Crippen LogP contribution in [0, 0.1) is 5.82 Å². The van der Waals surface area contributed by atoms with E-state index in [9.17, 15) is 14.0 Å². The molecule has 0 N–H and O–H groups in total. The molecular formula is C15H19FN2O2. The van der Waals surface area contributed by atoms with Crippen molar-refractivity contribution in [2.24, 2.45) is 0 Å². The maximum absolute atomic E-state index is 12.8. The lowest BCUT2D eigenvalue weighted by atomic mass is 10.1. The van der Waals surface area contributed by atoms with E-state index in [1.165, 1.54) is 24.3 Å². The quantitative estimate of drug-likeness (QED) is 0.785. The molecule has 0 saturated carbocycles. The molecule has 0 bridgehead atoms. The molecule has 1 aliphatic rings. The van der Waals surface area contributed by atoms with Gasteiger partial charge in [-0.3, -0.25) is 14.5 Å². The molecular weight excluding hydrogens is 259 g/mol. The normalized spacial score (nSPS) is 16.2. The molecule has 0 spiro atoms. The first-order chi connectivity index (χ1) is 9.56. The number of ketones is 1. The maximum atomic E-state index is 12.8. The number of piperazine rings is 1. The molecule has 1 aliphatic heterocycles. The van der Waals surface area contributed by atoms with Crippen molar-refractivity contribution in [1.82, 2.24) is 9.80 Å². The number of carbonyl (C=O) groups excluding carboxylic acids is 2. The van der Waals surface area contributed by atoms with Gasteiger partial charge in [0.2, 0.25) is 5.91 Å². The van der Waals surface area contributed by atoms with Gasteiger partial charge in [0.25, 0.3) is 0 Å². The van der Waals surface area contributed by atoms with Gasteiger partial charge in [0.15, 0.2) is 5.78 Å². The van der Waals surface area contributed by atoms with Crippen molar-refractivity contribution in [3.05, 3.63) is 35.6 Å². The average Bonchev–Trinajstić information content (AvgIpc) is 2.46. The highest BCUT2D eigenvalue weighted by atomic mass is 19.1. The van der Waals surface area contributed by atoms with Crippen molar-refractivity contribution in [2.45, 2.75) is 13.3 Å². The molecule has 0 atom stereocenters. The molecule has 2 rings (SSSR count). The van der Waals surface area contributed by atoms with E-state index < -0.39 is 0 Å². The zero-order valence-electron chi connectivity index (χ0n) is 11.6. The second-order valence-corrected chi connectivity index (χ2v) is 5.03. The minimum Gasteiger partial charge on any atom is -0.340 e. The molecule has 1 saturated heterocycles. The van der Waals surface area contributed by atoms with Crippen molar-refractivity contribution < 1.29 is 14.0 Å². The van der Waals surface area contributed by atoms with Crippen LogP contribution in [0.2, 0.25) is 0 Å². The summed E-state index contributed by atoms with van der Waals surface area (Å²) in [5.41, 5.74) is 0.550. The first-order valence-corrected chi connectivity index (χ1v) is 6.83. The Morgan fingerprint density at radius 2 is 1.70 bits per heavy atom. The highest BCUT2D eigenvalue weighted by molar-refractivity contribution is 5.96. The van der Waals surface area contributed by atoms with Gasteiger partial charge in [-0.15, -0.1) is 0 Å². The summed E-state index contributed by atoms with van der Waals surface area (Å²) in [5.74, 6) is -0.201. The number of nitrogens with zero attached hydrogens (tertiary/aromatic N) is 2. The van der Waals surface area contributed by atoms with Crippen LogP contribution in [-0.2, 0) is 4.79 Å². The van der Waals surface area contributed by atoms with Crippen molar-refractivity contribution in [2.75, 3.05) is 32.7 Å². The summed E-state index contributed by atoms with van der Waals surface area (Å²) in [5, 5.41) is 0. The van der Waals surface area contributed by atoms with Gasteiger partial charge in [0.1, 0.15) is 5.82 Å². The molecule has 5 heteroatoms. The van der Waals surface area contributed by atoms with Gasteiger partial charge < -0.3 is 4.90 Å². The predicted molar refractivity (Wildman–Crippen MR) is 74.0 cm³/mol. The van der Waals surface area contributed by atoms with Gasteiger partial charge in [-0.05, 0) is 24.3 Å². The van der Waals surface area contributed by atoms with Gasteiger partial charge in [0, 0.05) is 51.6 Å². The van der Waals surface area contributed by atoms with Crippen LogP contribution in [0.25, 0.3) is 0 Å². The van der Waals surface area contributed by atoms with Crippen molar-refractivity contribution in [3.8, 4) is 0 Å². The second-order valence-electron chi connectivity index (χ2n) is 5.03. The zero-order chi connectivity index (χ0) is 14.5. The second kappa shape index (κ2) is 6.61. The lowest BCUT2D eigenvalue weighted by molar-refractivity contribution is -0.130. The fourth-order valence-electron chi connectivity index (χ4n) is 2.33. The first kappa shape index (κ1) is 14.7. The monoisotopic (exact) mass is 278 g/mol. The number of halogens is 1. The summed E-state index contributed by atoms with van der Waals surface area (Å²) in [6, 6.07) is 5.65. The van der Waals surface area contributed by atoms with Crippen LogP contribution in [0.4, 0.5) is 4.39 Å². The average molecular weight is 278 g/mol. The Balaban J connectivity index is 1.77. The van der Waals surface area contributed by atoms with Crippen molar-refractivity contribution in [3.63, 3.8) is 0 Å². The Kier molecular flexibility index (Phi) is 4.84. The lowest BCUT2D eigenvalue weighted by Crippen LogP contribution is -2.48. The summed E-state index contributed by atoms with van der Waals surface area (Å²) >= 11 is 0. The minimum atomic E-state index is -0.332. The van der Waals surface area contributed by atoms with E-state index in [1.54, 1.807) is 6.92 Å². The van der Waals surface area contributed by atoms with E-state index >= 15 is 0 Å². The Labute approximate surface area is 118 Å². The molecule has 0 aromatic heterocycles. The molecule has 4 nitrogen and oxygen atoms in total. The van der Waals surface area contributed by atoms with Crippen LogP contribution in [0.15, 0.2) is 24.3 Å². The van der Waals surface area contributed by atoms with Crippen LogP contribution in [0.5, 0.6) is 0 Å². The zero-order valence-corrected chi connectivity index (χ0v) is 11.6. The molecule has 1 amide bonds. The van der Waals surface area contributed by atoms with E-state index in [4.69, 9.17) is 0 Å². The Morgan fingerprint density at radius 3 is 2.25 bits per heavy atom. The summed E-state index contributed by atoms with van der Waals surface area (Å²) in [7, 11) is 0. The Morgan fingerprint density at radius 1 is 1.10 bits per heavy atom. The fraction of sp³-hybridized carbons (Fsp3) is 0.467. The Hall–Kier alpha value is -1.75. The summed E-state index contributed by atoms with van der Waals surface area (Å²) in [6.07, 6.45) is 0.422. The van der Waals surface area contributed by atoms with Crippen molar-refractivity contribution in [1.29, 1.82) is 0 Å². The van der Waals surface area contributed by atoms with Gasteiger partial charge in [-0.1, -0.05) is 0 Å². The smallest absolute Gasteiger partial charge is 0.219 e. The molecule has 1 aromatic rings. The highest BCUT2D eigenvalue weighted by Gasteiger charge is 2.19. The predicted octanol–water partition coefficient (Wildman–Crippen LogP) is 1.56. The van der Waals surface area contributed by atoms with Gasteiger partial charge >= 0.3 is 0 Å². The number of Topliss-reactive ketones (excluding diaryl/α,β-unsaturated/α-hetero) is 1. The van der Waals surface area contributed by atoms with Crippen molar-refractivity contribution >= 4 is 11.7 Å². The largest absolute Gasteiger partial charge is 0.340 e. The van der Waals surface area contributed by atoms with Gasteiger partial charge in [0.05, 0.1) is 0 Å². The number of benzene rings is 1. The third-order valence-corrected chi connectivity index (χ3v) is 3.64. The lowest BCUT2D eigenvalue weighted by Gasteiger charge is -2.34. The molecule has 1 aromatic carbocycles. The molecule has 0 aliphatic carbocycles. The van der Waals surface area contributed by atoms with E-state index in [0.29, 0.717) is 18.5 Å². The first-order valence-electron chi connectivity index (χ1n) is 6.83. The molecule has 0 unspecified atom stereocenters. The van der Waals surface area contributed by atoms with E-state index in [0.717, 1.165) is 26.2 Å². The van der Waals surface area contributed by atoms with Crippen LogP contribution >= 0.6 is 0 Å². The number of rotatable bonds is 4. The van der Waals surface area contributed by atoms with Gasteiger partial charge in [-0.2, -0.15) is 0 Å². The summed E-state index contributed by atoms with van der Waals surface area (Å²) in [6.45, 7) is 5.31. The molecule has 1 fully saturated rings. The number of amides is 1. The van der Waals surface area contributed by atoms with Crippen LogP contribution < -0.4 is 0 Å². The topological polar surface area (TPSA) is 40.6 Å². The van der Waals surface area contributed by atoms with E-state index in [-0.39, 0.29) is 17.5 Å². The minimum absolute atomic E-state index is 0.0268. The third kappa shape index (κ3) is 3.87. The maximum Gasteiger partial charge on any atom is 0.219 e. The Bertz CT molecular complexity index is 479. The number of hydrogen-bond donors (Lipinski definition) is 0. The number of hydrogen-bond acceptors (Lipinski definition) is 3. The third-order valence-electron chi connectivity index (χ3n) is 3.64.